The number of aromatic nitrogens is 2. The van der Waals surface area contributed by atoms with Crippen LogP contribution in [-0.2, 0) is 25.7 Å². The fourth-order valence-corrected chi connectivity index (χ4v) is 5.21. The number of ether oxygens (including phenoxy) is 1. The highest BCUT2D eigenvalue weighted by Gasteiger charge is 2.31. The predicted molar refractivity (Wildman–Crippen MR) is 157 cm³/mol. The van der Waals surface area contributed by atoms with Crippen LogP contribution < -0.4 is 15.8 Å². The van der Waals surface area contributed by atoms with Gasteiger partial charge in [0.05, 0.1) is 23.6 Å². The maximum Gasteiger partial charge on any atom is 0.416 e. The highest BCUT2D eigenvalue weighted by Crippen LogP contribution is 2.38. The summed E-state index contributed by atoms with van der Waals surface area (Å²) in [6.07, 6.45) is -3.68. The van der Waals surface area contributed by atoms with Crippen LogP contribution in [0.4, 0.5) is 23.7 Å². The van der Waals surface area contributed by atoms with E-state index >= 15 is 0 Å². The maximum atomic E-state index is 13.1. The molecule has 0 atom stereocenters. The number of hydrogen-bond donors (Lipinski definition) is 2. The molecule has 4 aromatic rings. The summed E-state index contributed by atoms with van der Waals surface area (Å²) in [6, 6.07) is 18.1. The van der Waals surface area contributed by atoms with Crippen LogP contribution in [0.3, 0.4) is 0 Å². The van der Waals surface area contributed by atoms with Gasteiger partial charge in [0.15, 0.2) is 0 Å². The Morgan fingerprint density at radius 1 is 1.07 bits per heavy atom. The molecule has 2 amide bonds. The van der Waals surface area contributed by atoms with E-state index in [0.717, 1.165) is 63.8 Å². The quantitative estimate of drug-likeness (QED) is 0.237. The lowest BCUT2D eigenvalue weighted by molar-refractivity contribution is -0.137. The second-order valence-electron chi connectivity index (χ2n) is 11.0. The van der Waals surface area contributed by atoms with Gasteiger partial charge in [-0.05, 0) is 54.3 Å². The number of para-hydroxylation sites is 1. The van der Waals surface area contributed by atoms with Crippen LogP contribution >= 0.6 is 0 Å². The molecule has 0 saturated heterocycles. The molecule has 5 rings (SSSR count). The maximum absolute atomic E-state index is 13.1. The summed E-state index contributed by atoms with van der Waals surface area (Å²) in [5.74, 6) is 1.08. The molecule has 3 aromatic carbocycles. The smallest absolute Gasteiger partial charge is 0.416 e. The number of amides is 2. The van der Waals surface area contributed by atoms with Crippen molar-refractivity contribution >= 4 is 11.7 Å². The first-order valence-electron chi connectivity index (χ1n) is 13.9. The van der Waals surface area contributed by atoms with Crippen molar-refractivity contribution < 1.29 is 22.7 Å². The van der Waals surface area contributed by atoms with Gasteiger partial charge in [0.25, 0.3) is 0 Å². The van der Waals surface area contributed by atoms with E-state index in [1.165, 1.54) is 0 Å². The van der Waals surface area contributed by atoms with Crippen LogP contribution in [0.15, 0.2) is 66.7 Å². The van der Waals surface area contributed by atoms with E-state index in [1.54, 1.807) is 24.3 Å². The number of carbonyl (C=O) groups is 1. The normalized spacial score (nSPS) is 13.7. The Hall–Kier alpha value is -4.31. The second kappa shape index (κ2) is 11.9. The van der Waals surface area contributed by atoms with Crippen molar-refractivity contribution in [2.75, 3.05) is 18.5 Å². The van der Waals surface area contributed by atoms with E-state index < -0.39 is 17.8 Å². The largest absolute Gasteiger partial charge is 0.491 e. The van der Waals surface area contributed by atoms with Gasteiger partial charge in [-0.25, -0.2) is 9.48 Å². The zero-order valence-corrected chi connectivity index (χ0v) is 23.8. The first-order chi connectivity index (χ1) is 20.0. The lowest BCUT2D eigenvalue weighted by atomic mass is 9.99. The fraction of sp³-hybridized carbons (Fsp3) is 0.312. The first kappa shape index (κ1) is 29.2. The zero-order chi connectivity index (χ0) is 30.0. The van der Waals surface area contributed by atoms with Gasteiger partial charge < -0.3 is 15.8 Å². The molecule has 1 aliphatic heterocycles. The Morgan fingerprint density at radius 3 is 2.43 bits per heavy atom. The van der Waals surface area contributed by atoms with Crippen molar-refractivity contribution in [3.05, 3.63) is 94.7 Å². The summed E-state index contributed by atoms with van der Waals surface area (Å²) in [5, 5.41) is 7.69. The third kappa shape index (κ3) is 6.44. The molecule has 0 spiro atoms. The molecule has 0 fully saturated rings. The number of carbonyl (C=O) groups excluding carboxylic acids is 1. The van der Waals surface area contributed by atoms with Crippen molar-refractivity contribution in [1.82, 2.24) is 14.7 Å². The predicted octanol–water partition coefficient (Wildman–Crippen LogP) is 6.95. The molecule has 0 bridgehead atoms. The molecule has 0 saturated carbocycles. The van der Waals surface area contributed by atoms with Gasteiger partial charge >= 0.3 is 12.2 Å². The SMILES string of the molecule is Cc1cccc(OCC(C)C)c1-n1nc2c(c1-c1ccc(NC(N)=O)cc1)CN(Cc1ccc(C(F)(F)F)cc1)CC2. The average molecular weight is 578 g/mol. The van der Waals surface area contributed by atoms with Crippen LogP contribution in [0.5, 0.6) is 5.75 Å². The minimum Gasteiger partial charge on any atom is -0.491 e. The van der Waals surface area contributed by atoms with E-state index in [0.29, 0.717) is 37.7 Å². The summed E-state index contributed by atoms with van der Waals surface area (Å²) in [4.78, 5) is 13.6. The number of anilines is 1. The molecular weight excluding hydrogens is 543 g/mol. The van der Waals surface area contributed by atoms with Gasteiger partial charge in [-0.15, -0.1) is 0 Å². The second-order valence-corrected chi connectivity index (χ2v) is 11.0. The lowest BCUT2D eigenvalue weighted by Crippen LogP contribution is -2.30. The number of rotatable bonds is 8. The Morgan fingerprint density at radius 2 is 1.79 bits per heavy atom. The molecule has 0 unspecified atom stereocenters. The minimum atomic E-state index is -4.36. The summed E-state index contributed by atoms with van der Waals surface area (Å²) in [5.41, 5.74) is 11.7. The van der Waals surface area contributed by atoms with Crippen LogP contribution in [0.1, 0.15) is 41.8 Å². The van der Waals surface area contributed by atoms with Crippen molar-refractivity contribution in [3.63, 3.8) is 0 Å². The minimum absolute atomic E-state index is 0.340. The lowest BCUT2D eigenvalue weighted by Gasteiger charge is -2.27. The molecule has 42 heavy (non-hydrogen) atoms. The van der Waals surface area contributed by atoms with Gasteiger partial charge in [0, 0.05) is 42.9 Å². The molecule has 7 nitrogen and oxygen atoms in total. The Labute approximate surface area is 243 Å². The number of primary amides is 1. The average Bonchev–Trinajstić information content (AvgIpc) is 3.30. The molecule has 10 heteroatoms. The van der Waals surface area contributed by atoms with E-state index in [1.807, 2.05) is 41.9 Å². The topological polar surface area (TPSA) is 85.4 Å². The Balaban J connectivity index is 1.55. The Bertz CT molecular complexity index is 1560. The molecule has 2 heterocycles. The van der Waals surface area contributed by atoms with E-state index in [-0.39, 0.29) is 0 Å². The highest BCUT2D eigenvalue weighted by atomic mass is 19.4. The molecule has 1 aromatic heterocycles. The monoisotopic (exact) mass is 577 g/mol. The molecule has 0 aliphatic carbocycles. The summed E-state index contributed by atoms with van der Waals surface area (Å²) < 4.78 is 47.4. The van der Waals surface area contributed by atoms with Crippen LogP contribution in [0, 0.1) is 12.8 Å². The van der Waals surface area contributed by atoms with Crippen LogP contribution in [0.25, 0.3) is 16.9 Å². The number of nitrogens with zero attached hydrogens (tertiary/aromatic N) is 3. The van der Waals surface area contributed by atoms with Crippen molar-refractivity contribution in [3.8, 4) is 22.7 Å². The number of alkyl halides is 3. The zero-order valence-electron chi connectivity index (χ0n) is 23.8. The number of hydrogen-bond acceptors (Lipinski definition) is 4. The fourth-order valence-electron chi connectivity index (χ4n) is 5.21. The summed E-state index contributed by atoms with van der Waals surface area (Å²) in [7, 11) is 0. The molecule has 220 valence electrons. The van der Waals surface area contributed by atoms with E-state index in [4.69, 9.17) is 15.6 Å². The number of nitrogens with one attached hydrogen (secondary N) is 1. The van der Waals surface area contributed by atoms with Gasteiger partial charge in [0.2, 0.25) is 0 Å². The molecular formula is C32H34F3N5O2. The van der Waals surface area contributed by atoms with Gasteiger partial charge in [-0.2, -0.15) is 18.3 Å². The van der Waals surface area contributed by atoms with E-state index in [9.17, 15) is 18.0 Å². The summed E-state index contributed by atoms with van der Waals surface area (Å²) >= 11 is 0. The molecule has 3 N–H and O–H groups in total. The number of aryl methyl sites for hydroxylation is 1. The van der Waals surface area contributed by atoms with Crippen LogP contribution in [-0.4, -0.2) is 33.9 Å². The first-order valence-corrected chi connectivity index (χ1v) is 13.9. The number of halogens is 3. The Kier molecular flexibility index (Phi) is 8.27. The van der Waals surface area contributed by atoms with Gasteiger partial charge in [0.1, 0.15) is 11.4 Å². The van der Waals surface area contributed by atoms with Gasteiger partial charge in [-0.1, -0.05) is 50.2 Å². The van der Waals surface area contributed by atoms with Crippen molar-refractivity contribution in [1.29, 1.82) is 0 Å². The number of urea groups is 1. The number of benzene rings is 3. The van der Waals surface area contributed by atoms with E-state index in [2.05, 4.69) is 24.1 Å². The van der Waals surface area contributed by atoms with Crippen molar-refractivity contribution in [2.45, 2.75) is 46.5 Å². The molecule has 1 aliphatic rings. The summed E-state index contributed by atoms with van der Waals surface area (Å²) in [6.45, 7) is 8.58. The third-order valence-corrected chi connectivity index (χ3v) is 7.21. The van der Waals surface area contributed by atoms with Crippen molar-refractivity contribution in [2.24, 2.45) is 11.7 Å². The van der Waals surface area contributed by atoms with Gasteiger partial charge in [-0.3, -0.25) is 4.90 Å². The molecule has 0 radical (unpaired) electrons. The highest BCUT2D eigenvalue weighted by molar-refractivity contribution is 5.88. The third-order valence-electron chi connectivity index (χ3n) is 7.21. The number of fused-ring (bicyclic) bond motifs is 1. The van der Waals surface area contributed by atoms with Crippen LogP contribution in [0.2, 0.25) is 0 Å². The standard InChI is InChI=1S/C32H34F3N5O2/c1-20(2)19-42-28-6-4-5-21(3)29(28)40-30(23-9-13-25(14-10-23)37-31(36)41)26-18-39(16-15-27(26)38-40)17-22-7-11-24(12-8-22)32(33,34)35/h4-14,20H,15-19H2,1-3H3,(H3,36,37,41). The number of nitrogens with two attached hydrogens (primary N) is 1.